The summed E-state index contributed by atoms with van der Waals surface area (Å²) in [4.78, 5) is 17.2. The van der Waals surface area contributed by atoms with Crippen molar-refractivity contribution in [2.24, 2.45) is 0 Å². The summed E-state index contributed by atoms with van der Waals surface area (Å²) >= 11 is 5.23. The number of aromatic nitrogens is 1. The molecule has 186 valence electrons. The summed E-state index contributed by atoms with van der Waals surface area (Å²) in [6.45, 7) is 0.530. The first kappa shape index (κ1) is 25.7. The monoisotopic (exact) mass is 566 g/mol. The fourth-order valence-electron chi connectivity index (χ4n) is 3.84. The Morgan fingerprint density at radius 1 is 1.00 bits per heavy atom. The zero-order chi connectivity index (χ0) is 25.5. The van der Waals surface area contributed by atoms with Crippen LogP contribution in [0.4, 0.5) is 0 Å². The normalized spacial score (nSPS) is 11.1. The van der Waals surface area contributed by atoms with E-state index in [-0.39, 0.29) is 5.91 Å². The first-order chi connectivity index (χ1) is 17.5. The molecule has 0 spiro atoms. The van der Waals surface area contributed by atoms with Gasteiger partial charge in [0.25, 0.3) is 0 Å². The number of ether oxygens (including phenoxy) is 3. The summed E-state index contributed by atoms with van der Waals surface area (Å²) in [5.41, 5.74) is 4.07. The number of carbonyl (C=O) groups is 1. The van der Waals surface area contributed by atoms with E-state index in [9.17, 15) is 4.79 Å². The number of rotatable bonds is 10. The van der Waals surface area contributed by atoms with Gasteiger partial charge >= 0.3 is 0 Å². The highest BCUT2D eigenvalue weighted by atomic mass is 79.9. The van der Waals surface area contributed by atoms with Crippen molar-refractivity contribution in [3.05, 3.63) is 76.8 Å². The van der Waals surface area contributed by atoms with Crippen LogP contribution in [0.25, 0.3) is 28.2 Å². The zero-order valence-corrected chi connectivity index (χ0v) is 22.7. The van der Waals surface area contributed by atoms with Gasteiger partial charge in [0.2, 0.25) is 11.7 Å². The second-order valence-electron chi connectivity index (χ2n) is 7.81. The molecule has 8 heteroatoms. The van der Waals surface area contributed by atoms with Crippen LogP contribution in [0, 0.1) is 0 Å². The molecule has 0 aliphatic heterocycles. The van der Waals surface area contributed by atoms with Crippen molar-refractivity contribution in [3.63, 3.8) is 0 Å². The Hall–Kier alpha value is -3.36. The molecule has 0 fully saturated rings. The standard InChI is InChI=1S/C28H27BrN2O4S/c1-33-23-16-18(17-24(34-2)27(23)35-3)8-13-25(32)30-14-15-36-28-21-6-4-5-7-22(21)31-26(28)19-9-11-20(29)12-10-19/h4-13,16-17,31H,14-15H2,1-3H3,(H,30,32). The Bertz CT molecular complexity index is 1360. The summed E-state index contributed by atoms with van der Waals surface area (Å²) < 4.78 is 17.1. The van der Waals surface area contributed by atoms with Crippen molar-refractivity contribution in [3.8, 4) is 28.5 Å². The molecule has 1 aromatic heterocycles. The van der Waals surface area contributed by atoms with Gasteiger partial charge in [0.15, 0.2) is 11.5 Å². The summed E-state index contributed by atoms with van der Waals surface area (Å²) in [5.74, 6) is 2.15. The number of carbonyl (C=O) groups excluding carboxylic acids is 1. The van der Waals surface area contributed by atoms with E-state index in [0.717, 1.165) is 32.6 Å². The lowest BCUT2D eigenvalue weighted by Gasteiger charge is -2.12. The Kier molecular flexibility index (Phi) is 8.61. The van der Waals surface area contributed by atoms with Gasteiger partial charge in [-0.2, -0.15) is 0 Å². The molecular formula is C28H27BrN2O4S. The Balaban J connectivity index is 1.40. The topological polar surface area (TPSA) is 72.6 Å². The van der Waals surface area contributed by atoms with Gasteiger partial charge in [-0.15, -0.1) is 11.8 Å². The van der Waals surface area contributed by atoms with E-state index >= 15 is 0 Å². The quantitative estimate of drug-likeness (QED) is 0.129. The maximum absolute atomic E-state index is 12.4. The lowest BCUT2D eigenvalue weighted by atomic mass is 10.1. The largest absolute Gasteiger partial charge is 0.493 e. The number of halogens is 1. The molecule has 0 aliphatic carbocycles. The fourth-order valence-corrected chi connectivity index (χ4v) is 5.16. The molecule has 2 N–H and O–H groups in total. The van der Waals surface area contributed by atoms with Crippen molar-refractivity contribution < 1.29 is 19.0 Å². The van der Waals surface area contributed by atoms with Crippen molar-refractivity contribution in [1.29, 1.82) is 0 Å². The fraction of sp³-hybridized carbons (Fsp3) is 0.179. The van der Waals surface area contributed by atoms with Crippen molar-refractivity contribution >= 4 is 50.6 Å². The molecule has 0 atom stereocenters. The van der Waals surface area contributed by atoms with Crippen LogP contribution in [-0.2, 0) is 4.79 Å². The molecule has 0 unspecified atom stereocenters. The van der Waals surface area contributed by atoms with Crippen molar-refractivity contribution in [1.82, 2.24) is 10.3 Å². The van der Waals surface area contributed by atoms with Crippen molar-refractivity contribution in [2.75, 3.05) is 33.6 Å². The molecule has 36 heavy (non-hydrogen) atoms. The number of fused-ring (bicyclic) bond motifs is 1. The van der Waals surface area contributed by atoms with Gasteiger partial charge in [0, 0.05) is 38.6 Å². The highest BCUT2D eigenvalue weighted by Crippen LogP contribution is 2.39. The number of methoxy groups -OCH3 is 3. The molecular weight excluding hydrogens is 540 g/mol. The summed E-state index contributed by atoms with van der Waals surface area (Å²) in [6.07, 6.45) is 3.22. The third-order valence-electron chi connectivity index (χ3n) is 5.55. The lowest BCUT2D eigenvalue weighted by molar-refractivity contribution is -0.116. The van der Waals surface area contributed by atoms with Gasteiger partial charge in [0.1, 0.15) is 0 Å². The van der Waals surface area contributed by atoms with Gasteiger partial charge in [-0.3, -0.25) is 4.79 Å². The second-order valence-corrected chi connectivity index (χ2v) is 9.83. The van der Waals surface area contributed by atoms with Crippen LogP contribution in [0.2, 0.25) is 0 Å². The van der Waals surface area contributed by atoms with E-state index < -0.39 is 0 Å². The van der Waals surface area contributed by atoms with Crippen LogP contribution in [0.5, 0.6) is 17.2 Å². The van der Waals surface area contributed by atoms with Gasteiger partial charge in [-0.05, 0) is 47.5 Å². The third-order valence-corrected chi connectivity index (χ3v) is 7.20. The van der Waals surface area contributed by atoms with Crippen LogP contribution in [0.3, 0.4) is 0 Å². The number of hydrogen-bond donors (Lipinski definition) is 2. The number of H-pyrrole nitrogens is 1. The molecule has 3 aromatic carbocycles. The number of benzene rings is 3. The average Bonchev–Trinajstić information content (AvgIpc) is 3.28. The van der Waals surface area contributed by atoms with Crippen LogP contribution < -0.4 is 19.5 Å². The molecule has 1 heterocycles. The number of hydrogen-bond acceptors (Lipinski definition) is 5. The Morgan fingerprint density at radius 2 is 1.69 bits per heavy atom. The van der Waals surface area contributed by atoms with E-state index in [1.807, 2.05) is 24.3 Å². The third kappa shape index (κ3) is 5.88. The average molecular weight is 568 g/mol. The first-order valence-corrected chi connectivity index (χ1v) is 13.1. The highest BCUT2D eigenvalue weighted by Gasteiger charge is 2.14. The van der Waals surface area contributed by atoms with E-state index in [0.29, 0.717) is 23.8 Å². The first-order valence-electron chi connectivity index (χ1n) is 11.3. The number of thioether (sulfide) groups is 1. The summed E-state index contributed by atoms with van der Waals surface area (Å²) in [5, 5.41) is 4.13. The Labute approximate surface area is 223 Å². The van der Waals surface area contributed by atoms with Gasteiger partial charge in [-0.1, -0.05) is 46.3 Å². The predicted octanol–water partition coefficient (Wildman–Crippen LogP) is 6.54. The molecule has 0 saturated heterocycles. The number of amides is 1. The predicted molar refractivity (Wildman–Crippen MR) is 150 cm³/mol. The maximum Gasteiger partial charge on any atom is 0.244 e. The number of aromatic amines is 1. The van der Waals surface area contributed by atoms with Crippen molar-refractivity contribution in [2.45, 2.75) is 4.90 Å². The minimum absolute atomic E-state index is 0.170. The lowest BCUT2D eigenvalue weighted by Crippen LogP contribution is -2.23. The zero-order valence-electron chi connectivity index (χ0n) is 20.3. The molecule has 1 amide bonds. The highest BCUT2D eigenvalue weighted by molar-refractivity contribution is 9.10. The minimum Gasteiger partial charge on any atom is -0.493 e. The van der Waals surface area contributed by atoms with E-state index in [2.05, 4.69) is 50.5 Å². The summed E-state index contributed by atoms with van der Waals surface area (Å²) in [7, 11) is 4.68. The number of para-hydroxylation sites is 1. The van der Waals surface area contributed by atoms with Crippen LogP contribution >= 0.6 is 27.7 Å². The maximum atomic E-state index is 12.4. The van der Waals surface area contributed by atoms with Gasteiger partial charge in [0.05, 0.1) is 27.0 Å². The molecule has 0 radical (unpaired) electrons. The SMILES string of the molecule is COc1cc(C=CC(=O)NCCSc2c(-c3ccc(Br)cc3)[nH]c3ccccc23)cc(OC)c1OC. The van der Waals surface area contributed by atoms with E-state index in [1.165, 1.54) is 16.4 Å². The summed E-state index contributed by atoms with van der Waals surface area (Å²) in [6, 6.07) is 20.1. The van der Waals surface area contributed by atoms with Crippen LogP contribution in [0.1, 0.15) is 5.56 Å². The number of nitrogens with one attached hydrogen (secondary N) is 2. The molecule has 4 aromatic rings. The Morgan fingerprint density at radius 3 is 2.36 bits per heavy atom. The molecule has 6 nitrogen and oxygen atoms in total. The smallest absolute Gasteiger partial charge is 0.244 e. The molecule has 0 aliphatic rings. The second kappa shape index (κ2) is 12.1. The minimum atomic E-state index is -0.170. The van der Waals surface area contributed by atoms with Gasteiger partial charge < -0.3 is 24.5 Å². The molecule has 4 rings (SSSR count). The molecule has 0 saturated carbocycles. The van der Waals surface area contributed by atoms with Crippen LogP contribution in [0.15, 0.2) is 76.1 Å². The van der Waals surface area contributed by atoms with Gasteiger partial charge in [-0.25, -0.2) is 0 Å². The molecule has 0 bridgehead atoms. The van der Waals surface area contributed by atoms with E-state index in [1.54, 1.807) is 51.3 Å². The van der Waals surface area contributed by atoms with E-state index in [4.69, 9.17) is 14.2 Å². The van der Waals surface area contributed by atoms with Crippen LogP contribution in [-0.4, -0.2) is 44.5 Å².